The molecule has 0 radical (unpaired) electrons. The second-order valence-electron chi connectivity index (χ2n) is 4.53. The van der Waals surface area contributed by atoms with Gasteiger partial charge in [-0.1, -0.05) is 16.6 Å². The Labute approximate surface area is 125 Å². The molecule has 106 valence electrons. The van der Waals surface area contributed by atoms with Gasteiger partial charge < -0.3 is 5.32 Å². The van der Waals surface area contributed by atoms with E-state index < -0.39 is 0 Å². The minimum absolute atomic E-state index is 0.130. The Morgan fingerprint density at radius 2 is 2.29 bits per heavy atom. The lowest BCUT2D eigenvalue weighted by atomic mass is 10.1. The Morgan fingerprint density at radius 1 is 1.38 bits per heavy atom. The summed E-state index contributed by atoms with van der Waals surface area (Å²) in [4.78, 5) is 12.0. The van der Waals surface area contributed by atoms with Gasteiger partial charge in [-0.05, 0) is 42.2 Å². The lowest BCUT2D eigenvalue weighted by Crippen LogP contribution is -2.27. The number of nitrogens with one attached hydrogen (secondary N) is 1. The normalized spacial score (nSPS) is 12.0. The first-order chi connectivity index (χ1) is 10.2. The van der Waals surface area contributed by atoms with Crippen LogP contribution in [0.5, 0.6) is 0 Å². The van der Waals surface area contributed by atoms with Crippen molar-refractivity contribution >= 4 is 17.4 Å². The molecule has 0 aliphatic rings. The lowest BCUT2D eigenvalue weighted by molar-refractivity contribution is 0.0935. The van der Waals surface area contributed by atoms with E-state index in [9.17, 15) is 4.79 Å². The fraction of sp³-hybridized carbons (Fsp3) is 0.143. The fourth-order valence-corrected chi connectivity index (χ4v) is 2.41. The van der Waals surface area contributed by atoms with Gasteiger partial charge in [0.25, 0.3) is 5.91 Å². The smallest absolute Gasteiger partial charge is 0.273 e. The highest BCUT2D eigenvalue weighted by Gasteiger charge is 2.14. The van der Waals surface area contributed by atoms with Crippen molar-refractivity contribution in [2.45, 2.75) is 13.0 Å². The molecule has 0 saturated heterocycles. The highest BCUT2D eigenvalue weighted by atomic mass is 32.1. The average Bonchev–Trinajstić information content (AvgIpc) is 3.20. The second-order valence-corrected chi connectivity index (χ2v) is 5.14. The van der Waals surface area contributed by atoms with Crippen LogP contribution in [0.15, 0.2) is 48.1 Å². The molecule has 2 aromatic heterocycles. The van der Waals surface area contributed by atoms with E-state index >= 15 is 0 Å². The van der Waals surface area contributed by atoms with Crippen LogP contribution in [0.1, 0.15) is 29.0 Å². The summed E-state index contributed by atoms with van der Waals surface area (Å²) in [5.74, 6) is -0.222. The van der Waals surface area contributed by atoms with E-state index in [1.807, 2.05) is 43.5 Å². The van der Waals surface area contributed by atoms with Crippen molar-refractivity contribution in [3.8, 4) is 5.69 Å². The van der Waals surface area contributed by atoms with E-state index in [4.69, 9.17) is 0 Å². The molecule has 0 saturated carbocycles. The Bertz CT molecular complexity index is 724. The van der Waals surface area contributed by atoms with Gasteiger partial charge in [-0.3, -0.25) is 4.79 Å². The third kappa shape index (κ3) is 2.97. The van der Waals surface area contributed by atoms with Crippen LogP contribution in [-0.2, 0) is 0 Å². The molecule has 1 N–H and O–H groups in total. The molecule has 0 aliphatic heterocycles. The van der Waals surface area contributed by atoms with Crippen LogP contribution in [0.4, 0.5) is 0 Å². The van der Waals surface area contributed by atoms with Crippen molar-refractivity contribution in [3.63, 3.8) is 0 Å². The number of benzene rings is 1. The van der Waals surface area contributed by atoms with Crippen LogP contribution in [0.2, 0.25) is 0 Å². The van der Waals surface area contributed by atoms with Gasteiger partial charge in [0.1, 0.15) is 0 Å². The SMILES string of the molecule is C[C@@H](NC(=O)c1csnn1)c1cccc(-n2cccn2)c1. The van der Waals surface area contributed by atoms with Gasteiger partial charge in [0.05, 0.1) is 11.7 Å². The minimum atomic E-state index is -0.222. The van der Waals surface area contributed by atoms with Crippen LogP contribution in [0, 0.1) is 0 Å². The second kappa shape index (κ2) is 5.84. The van der Waals surface area contributed by atoms with E-state index in [-0.39, 0.29) is 11.9 Å². The van der Waals surface area contributed by atoms with Gasteiger partial charge in [0.15, 0.2) is 5.69 Å². The molecule has 0 bridgehead atoms. The van der Waals surface area contributed by atoms with Crippen LogP contribution >= 0.6 is 11.5 Å². The zero-order valence-corrected chi connectivity index (χ0v) is 12.1. The molecular weight excluding hydrogens is 286 g/mol. The number of hydrogen-bond donors (Lipinski definition) is 1. The van der Waals surface area contributed by atoms with Crippen molar-refractivity contribution in [3.05, 3.63) is 59.4 Å². The standard InChI is InChI=1S/C14H13N5OS/c1-10(16-14(20)13-9-21-18-17-13)11-4-2-5-12(8-11)19-7-3-6-15-19/h2-10H,1H3,(H,16,20)/t10-/m1/s1. The molecule has 6 nitrogen and oxygen atoms in total. The number of rotatable bonds is 4. The molecule has 2 heterocycles. The number of nitrogens with zero attached hydrogens (tertiary/aromatic N) is 4. The summed E-state index contributed by atoms with van der Waals surface area (Å²) in [7, 11) is 0. The van der Waals surface area contributed by atoms with E-state index in [1.165, 1.54) is 0 Å². The Balaban J connectivity index is 1.77. The predicted molar refractivity (Wildman–Crippen MR) is 79.4 cm³/mol. The molecule has 0 unspecified atom stereocenters. The number of carbonyl (C=O) groups is 1. The molecule has 0 fully saturated rings. The van der Waals surface area contributed by atoms with Gasteiger partial charge in [0.2, 0.25) is 0 Å². The lowest BCUT2D eigenvalue weighted by Gasteiger charge is -2.14. The molecule has 0 aliphatic carbocycles. The Hall–Kier alpha value is -2.54. The van der Waals surface area contributed by atoms with Gasteiger partial charge in [-0.25, -0.2) is 4.68 Å². The van der Waals surface area contributed by atoms with Crippen molar-refractivity contribution < 1.29 is 4.79 Å². The van der Waals surface area contributed by atoms with Gasteiger partial charge >= 0.3 is 0 Å². The summed E-state index contributed by atoms with van der Waals surface area (Å²) in [5, 5.41) is 12.5. The average molecular weight is 299 g/mol. The Morgan fingerprint density at radius 3 is 3.00 bits per heavy atom. The van der Waals surface area contributed by atoms with Crippen LogP contribution in [-0.4, -0.2) is 25.3 Å². The topological polar surface area (TPSA) is 72.7 Å². The van der Waals surface area contributed by atoms with Crippen LogP contribution in [0.3, 0.4) is 0 Å². The van der Waals surface area contributed by atoms with Crippen molar-refractivity contribution in [1.29, 1.82) is 0 Å². The minimum Gasteiger partial charge on any atom is -0.344 e. The fourth-order valence-electron chi connectivity index (χ4n) is 1.98. The number of hydrogen-bond acceptors (Lipinski definition) is 5. The first-order valence-corrected chi connectivity index (χ1v) is 7.25. The summed E-state index contributed by atoms with van der Waals surface area (Å²) < 4.78 is 5.47. The predicted octanol–water partition coefficient (Wildman–Crippen LogP) is 2.21. The molecule has 0 spiro atoms. The maximum absolute atomic E-state index is 12.0. The summed E-state index contributed by atoms with van der Waals surface area (Å²) in [6.07, 6.45) is 3.61. The maximum Gasteiger partial charge on any atom is 0.273 e. The summed E-state index contributed by atoms with van der Waals surface area (Å²) in [5.41, 5.74) is 2.29. The molecule has 7 heteroatoms. The first-order valence-electron chi connectivity index (χ1n) is 6.42. The summed E-state index contributed by atoms with van der Waals surface area (Å²) in [6.45, 7) is 1.93. The van der Waals surface area contributed by atoms with Gasteiger partial charge in [0, 0.05) is 17.8 Å². The van der Waals surface area contributed by atoms with E-state index in [0.717, 1.165) is 22.8 Å². The quantitative estimate of drug-likeness (QED) is 0.801. The van der Waals surface area contributed by atoms with Crippen molar-refractivity contribution in [1.82, 2.24) is 24.7 Å². The number of aromatic nitrogens is 4. The zero-order chi connectivity index (χ0) is 14.7. The van der Waals surface area contributed by atoms with E-state index in [1.54, 1.807) is 16.3 Å². The molecule has 3 rings (SSSR count). The summed E-state index contributed by atoms with van der Waals surface area (Å²) >= 11 is 1.16. The molecule has 1 amide bonds. The van der Waals surface area contributed by atoms with Crippen molar-refractivity contribution in [2.75, 3.05) is 0 Å². The molecule has 21 heavy (non-hydrogen) atoms. The molecule has 3 aromatic rings. The van der Waals surface area contributed by atoms with Crippen LogP contribution < -0.4 is 5.32 Å². The van der Waals surface area contributed by atoms with Crippen LogP contribution in [0.25, 0.3) is 5.69 Å². The monoisotopic (exact) mass is 299 g/mol. The van der Waals surface area contributed by atoms with Crippen molar-refractivity contribution in [2.24, 2.45) is 0 Å². The molecular formula is C14H13N5OS. The number of carbonyl (C=O) groups excluding carboxylic acids is 1. The Kier molecular flexibility index (Phi) is 3.74. The third-order valence-electron chi connectivity index (χ3n) is 3.08. The first kappa shape index (κ1) is 13.4. The van der Waals surface area contributed by atoms with E-state index in [2.05, 4.69) is 20.0 Å². The highest BCUT2D eigenvalue weighted by molar-refractivity contribution is 7.03. The zero-order valence-electron chi connectivity index (χ0n) is 11.3. The van der Waals surface area contributed by atoms with E-state index in [0.29, 0.717) is 5.69 Å². The highest BCUT2D eigenvalue weighted by Crippen LogP contribution is 2.17. The largest absolute Gasteiger partial charge is 0.344 e. The summed E-state index contributed by atoms with van der Waals surface area (Å²) in [6, 6.07) is 9.62. The van der Waals surface area contributed by atoms with Gasteiger partial charge in [-0.2, -0.15) is 5.10 Å². The van der Waals surface area contributed by atoms with Gasteiger partial charge in [-0.15, -0.1) is 5.10 Å². The molecule has 1 aromatic carbocycles. The molecule has 1 atom stereocenters. The number of amides is 1. The maximum atomic E-state index is 12.0. The third-order valence-corrected chi connectivity index (χ3v) is 3.58.